The lowest BCUT2D eigenvalue weighted by Crippen LogP contribution is -2.25. The maximum Gasteiger partial charge on any atom is 0.240 e. The van der Waals surface area contributed by atoms with E-state index in [0.717, 1.165) is 6.42 Å². The van der Waals surface area contributed by atoms with Crippen LogP contribution in [0.25, 0.3) is 0 Å². The maximum atomic E-state index is 11.5. The molecule has 0 saturated heterocycles. The van der Waals surface area contributed by atoms with E-state index in [2.05, 4.69) is 5.32 Å². The minimum absolute atomic E-state index is 0.0799. The molecule has 1 amide bonds. The molecule has 0 rings (SSSR count). The zero-order valence-corrected chi connectivity index (χ0v) is 6.57. The first kappa shape index (κ1) is 10.3. The molecule has 0 aliphatic heterocycles. The van der Waals surface area contributed by atoms with Crippen LogP contribution in [0.4, 0.5) is 8.78 Å². The van der Waals surface area contributed by atoms with Crippen LogP contribution in [0, 0.1) is 0 Å². The molecule has 0 heterocycles. The fourth-order valence-electron chi connectivity index (χ4n) is 0.636. The van der Waals surface area contributed by atoms with Gasteiger partial charge in [0.15, 0.2) is 0 Å². The van der Waals surface area contributed by atoms with Gasteiger partial charge in [0.1, 0.15) is 0 Å². The normalized spacial score (nSPS) is 10.2. The Balaban J connectivity index is 3.17. The SMILES string of the molecule is CCCC(=O)NCCC(F)F. The van der Waals surface area contributed by atoms with Crippen LogP contribution in [0.1, 0.15) is 26.2 Å². The molecule has 0 saturated carbocycles. The highest BCUT2D eigenvalue weighted by atomic mass is 19.3. The number of hydrogen-bond donors (Lipinski definition) is 1. The van der Waals surface area contributed by atoms with Gasteiger partial charge in [-0.2, -0.15) is 0 Å². The van der Waals surface area contributed by atoms with Crippen molar-refractivity contribution in [2.24, 2.45) is 0 Å². The van der Waals surface area contributed by atoms with Gasteiger partial charge in [0.2, 0.25) is 12.3 Å². The maximum absolute atomic E-state index is 11.5. The Bertz CT molecular complexity index is 117. The van der Waals surface area contributed by atoms with Gasteiger partial charge in [-0.3, -0.25) is 4.79 Å². The number of carbonyl (C=O) groups is 1. The summed E-state index contributed by atoms with van der Waals surface area (Å²) in [6, 6.07) is 0. The summed E-state index contributed by atoms with van der Waals surface area (Å²) in [7, 11) is 0. The van der Waals surface area contributed by atoms with E-state index in [9.17, 15) is 13.6 Å². The molecule has 66 valence electrons. The van der Waals surface area contributed by atoms with E-state index in [1.807, 2.05) is 6.92 Å². The molecule has 0 aliphatic carbocycles. The van der Waals surface area contributed by atoms with Crippen molar-refractivity contribution in [1.82, 2.24) is 5.32 Å². The van der Waals surface area contributed by atoms with Gasteiger partial charge in [-0.15, -0.1) is 0 Å². The largest absolute Gasteiger partial charge is 0.356 e. The summed E-state index contributed by atoms with van der Waals surface area (Å²) in [5.74, 6) is -0.145. The first-order valence-electron chi connectivity index (χ1n) is 3.71. The van der Waals surface area contributed by atoms with Gasteiger partial charge in [-0.1, -0.05) is 6.92 Å². The second-order valence-corrected chi connectivity index (χ2v) is 2.28. The van der Waals surface area contributed by atoms with Crippen molar-refractivity contribution >= 4 is 5.91 Å². The predicted octanol–water partition coefficient (Wildman–Crippen LogP) is 1.56. The fourth-order valence-corrected chi connectivity index (χ4v) is 0.636. The Hall–Kier alpha value is -0.670. The van der Waals surface area contributed by atoms with Gasteiger partial charge in [0.05, 0.1) is 0 Å². The zero-order valence-electron chi connectivity index (χ0n) is 6.57. The zero-order chi connectivity index (χ0) is 8.69. The van der Waals surface area contributed by atoms with E-state index in [-0.39, 0.29) is 18.9 Å². The van der Waals surface area contributed by atoms with Crippen LogP contribution in [0.5, 0.6) is 0 Å². The number of hydrogen-bond acceptors (Lipinski definition) is 1. The number of halogens is 2. The number of amides is 1. The number of carbonyl (C=O) groups excluding carboxylic acids is 1. The third-order valence-corrected chi connectivity index (χ3v) is 1.16. The standard InChI is InChI=1S/C7H13F2NO/c1-2-3-7(11)10-5-4-6(8)9/h6H,2-5H2,1H3,(H,10,11). The summed E-state index contributed by atoms with van der Waals surface area (Å²) < 4.78 is 23.0. The number of alkyl halides is 2. The predicted molar refractivity (Wildman–Crippen MR) is 38.5 cm³/mol. The van der Waals surface area contributed by atoms with E-state index >= 15 is 0 Å². The van der Waals surface area contributed by atoms with Crippen molar-refractivity contribution in [3.8, 4) is 0 Å². The second-order valence-electron chi connectivity index (χ2n) is 2.28. The minimum atomic E-state index is -2.32. The summed E-state index contributed by atoms with van der Waals surface area (Å²) in [5, 5.41) is 2.40. The molecule has 0 spiro atoms. The Labute approximate surface area is 65.0 Å². The molecule has 0 fully saturated rings. The van der Waals surface area contributed by atoms with Crippen LogP contribution in [0.15, 0.2) is 0 Å². The molecule has 4 heteroatoms. The highest BCUT2D eigenvalue weighted by molar-refractivity contribution is 5.75. The average Bonchev–Trinajstić information content (AvgIpc) is 1.87. The molecule has 0 aromatic carbocycles. The molecule has 1 N–H and O–H groups in total. The molecule has 0 aromatic rings. The Morgan fingerprint density at radius 3 is 2.64 bits per heavy atom. The summed E-state index contributed by atoms with van der Waals surface area (Å²) >= 11 is 0. The van der Waals surface area contributed by atoms with Gasteiger partial charge < -0.3 is 5.32 Å². The van der Waals surface area contributed by atoms with Crippen molar-refractivity contribution in [2.45, 2.75) is 32.6 Å². The van der Waals surface area contributed by atoms with Crippen LogP contribution >= 0.6 is 0 Å². The lowest BCUT2D eigenvalue weighted by molar-refractivity contribution is -0.121. The summed E-state index contributed by atoms with van der Waals surface area (Å²) in [4.78, 5) is 10.7. The Morgan fingerprint density at radius 1 is 1.55 bits per heavy atom. The number of rotatable bonds is 5. The van der Waals surface area contributed by atoms with E-state index in [1.165, 1.54) is 0 Å². The third-order valence-electron chi connectivity index (χ3n) is 1.16. The van der Waals surface area contributed by atoms with Crippen LogP contribution in [0.3, 0.4) is 0 Å². The lowest BCUT2D eigenvalue weighted by Gasteiger charge is -2.02. The summed E-state index contributed by atoms with van der Waals surface area (Å²) in [5.41, 5.74) is 0. The van der Waals surface area contributed by atoms with Gasteiger partial charge in [-0.05, 0) is 6.42 Å². The molecule has 11 heavy (non-hydrogen) atoms. The van der Waals surface area contributed by atoms with Crippen LogP contribution < -0.4 is 5.32 Å². The second kappa shape index (κ2) is 6.07. The van der Waals surface area contributed by atoms with Gasteiger partial charge in [-0.25, -0.2) is 8.78 Å². The molecular formula is C7H13F2NO. The average molecular weight is 165 g/mol. The van der Waals surface area contributed by atoms with Crippen molar-refractivity contribution in [3.63, 3.8) is 0 Å². The van der Waals surface area contributed by atoms with Crippen molar-refractivity contribution in [1.29, 1.82) is 0 Å². The van der Waals surface area contributed by atoms with Gasteiger partial charge in [0.25, 0.3) is 0 Å². The van der Waals surface area contributed by atoms with Gasteiger partial charge >= 0.3 is 0 Å². The van der Waals surface area contributed by atoms with E-state index < -0.39 is 6.43 Å². The molecular weight excluding hydrogens is 152 g/mol. The first-order chi connectivity index (χ1) is 5.16. The van der Waals surface area contributed by atoms with Gasteiger partial charge in [0, 0.05) is 19.4 Å². The minimum Gasteiger partial charge on any atom is -0.356 e. The summed E-state index contributed by atoms with van der Waals surface area (Å²) in [6.07, 6.45) is -1.41. The quantitative estimate of drug-likeness (QED) is 0.658. The summed E-state index contributed by atoms with van der Waals surface area (Å²) in [6.45, 7) is 1.95. The van der Waals surface area contributed by atoms with E-state index in [1.54, 1.807) is 0 Å². The topological polar surface area (TPSA) is 29.1 Å². The van der Waals surface area contributed by atoms with Crippen LogP contribution in [-0.4, -0.2) is 18.9 Å². The Kier molecular flexibility index (Phi) is 5.70. The molecule has 0 radical (unpaired) electrons. The lowest BCUT2D eigenvalue weighted by atomic mass is 10.3. The van der Waals surface area contributed by atoms with Crippen molar-refractivity contribution in [2.75, 3.05) is 6.54 Å². The highest BCUT2D eigenvalue weighted by Gasteiger charge is 2.03. The Morgan fingerprint density at radius 2 is 2.18 bits per heavy atom. The highest BCUT2D eigenvalue weighted by Crippen LogP contribution is 1.96. The van der Waals surface area contributed by atoms with Crippen LogP contribution in [0.2, 0.25) is 0 Å². The number of nitrogens with one attached hydrogen (secondary N) is 1. The first-order valence-corrected chi connectivity index (χ1v) is 3.71. The molecule has 0 bridgehead atoms. The molecule has 0 aliphatic rings. The van der Waals surface area contributed by atoms with Crippen molar-refractivity contribution in [3.05, 3.63) is 0 Å². The molecule has 0 unspecified atom stereocenters. The van der Waals surface area contributed by atoms with Crippen LogP contribution in [-0.2, 0) is 4.79 Å². The molecule has 0 atom stereocenters. The molecule has 2 nitrogen and oxygen atoms in total. The molecule has 0 aromatic heterocycles. The smallest absolute Gasteiger partial charge is 0.240 e. The van der Waals surface area contributed by atoms with Crippen molar-refractivity contribution < 1.29 is 13.6 Å². The van der Waals surface area contributed by atoms with E-state index in [4.69, 9.17) is 0 Å². The monoisotopic (exact) mass is 165 g/mol. The fraction of sp³-hybridized carbons (Fsp3) is 0.857. The van der Waals surface area contributed by atoms with E-state index in [0.29, 0.717) is 6.42 Å². The third kappa shape index (κ3) is 7.22.